The van der Waals surface area contributed by atoms with Crippen LogP contribution >= 0.6 is 0 Å². The fraction of sp³-hybridized carbons (Fsp3) is 0.900. The molecular formula is C10H21N3O2. The second kappa shape index (κ2) is 6.76. The largest absolute Gasteiger partial charge is 0.379 e. The molecule has 15 heavy (non-hydrogen) atoms. The fourth-order valence-corrected chi connectivity index (χ4v) is 1.70. The van der Waals surface area contributed by atoms with Crippen molar-refractivity contribution in [2.45, 2.75) is 13.0 Å². The van der Waals surface area contributed by atoms with Gasteiger partial charge in [-0.05, 0) is 14.0 Å². The van der Waals surface area contributed by atoms with E-state index in [1.54, 1.807) is 7.05 Å². The average molecular weight is 215 g/mol. The first-order valence-corrected chi connectivity index (χ1v) is 5.46. The molecule has 5 heteroatoms. The summed E-state index contributed by atoms with van der Waals surface area (Å²) >= 11 is 0. The standard InChI is InChI=1S/C10H21N3O2/c1-9(12-10(14)7-11-2)8-13-3-5-15-6-4-13/h9,11H,3-8H2,1-2H3,(H,12,14). The quantitative estimate of drug-likeness (QED) is 0.620. The molecule has 1 aliphatic heterocycles. The maximum absolute atomic E-state index is 11.3. The van der Waals surface area contributed by atoms with Gasteiger partial charge in [0.1, 0.15) is 0 Å². The number of hydrogen-bond acceptors (Lipinski definition) is 4. The van der Waals surface area contributed by atoms with Gasteiger partial charge in [-0.25, -0.2) is 0 Å². The number of carbonyl (C=O) groups is 1. The number of nitrogens with one attached hydrogen (secondary N) is 2. The van der Waals surface area contributed by atoms with Gasteiger partial charge in [-0.3, -0.25) is 9.69 Å². The van der Waals surface area contributed by atoms with E-state index in [1.807, 2.05) is 6.92 Å². The predicted molar refractivity (Wildman–Crippen MR) is 58.8 cm³/mol. The van der Waals surface area contributed by atoms with Gasteiger partial charge < -0.3 is 15.4 Å². The number of hydrogen-bond donors (Lipinski definition) is 2. The lowest BCUT2D eigenvalue weighted by Gasteiger charge is -2.29. The van der Waals surface area contributed by atoms with Crippen LogP contribution in [0.5, 0.6) is 0 Å². The number of likely N-dealkylation sites (N-methyl/N-ethyl adjacent to an activating group) is 1. The van der Waals surface area contributed by atoms with Crippen molar-refractivity contribution >= 4 is 5.91 Å². The van der Waals surface area contributed by atoms with Gasteiger partial charge in [0.25, 0.3) is 0 Å². The van der Waals surface area contributed by atoms with E-state index in [9.17, 15) is 4.79 Å². The molecular weight excluding hydrogens is 194 g/mol. The highest BCUT2D eigenvalue weighted by atomic mass is 16.5. The molecule has 1 amide bonds. The van der Waals surface area contributed by atoms with E-state index < -0.39 is 0 Å². The number of nitrogens with zero attached hydrogens (tertiary/aromatic N) is 1. The SMILES string of the molecule is CNCC(=O)NC(C)CN1CCOCC1. The smallest absolute Gasteiger partial charge is 0.234 e. The van der Waals surface area contributed by atoms with Gasteiger partial charge in [0.05, 0.1) is 19.8 Å². The van der Waals surface area contributed by atoms with Crippen LogP contribution in [0.25, 0.3) is 0 Å². The van der Waals surface area contributed by atoms with Gasteiger partial charge in [0.15, 0.2) is 0 Å². The van der Waals surface area contributed by atoms with E-state index in [0.717, 1.165) is 32.8 Å². The molecule has 1 saturated heterocycles. The molecule has 0 radical (unpaired) electrons. The molecule has 0 spiro atoms. The summed E-state index contributed by atoms with van der Waals surface area (Å²) in [5.74, 6) is 0.0539. The van der Waals surface area contributed by atoms with Crippen LogP contribution in [-0.4, -0.2) is 63.3 Å². The average Bonchev–Trinajstić information content (AvgIpc) is 2.19. The summed E-state index contributed by atoms with van der Waals surface area (Å²) in [5.41, 5.74) is 0. The van der Waals surface area contributed by atoms with Crippen molar-refractivity contribution in [3.8, 4) is 0 Å². The Kier molecular flexibility index (Phi) is 5.60. The second-order valence-electron chi connectivity index (χ2n) is 3.91. The fourth-order valence-electron chi connectivity index (χ4n) is 1.70. The van der Waals surface area contributed by atoms with E-state index in [0.29, 0.717) is 6.54 Å². The number of amides is 1. The van der Waals surface area contributed by atoms with Crippen molar-refractivity contribution in [2.75, 3.05) is 46.4 Å². The Labute approximate surface area is 91.2 Å². The monoisotopic (exact) mass is 215 g/mol. The highest BCUT2D eigenvalue weighted by Gasteiger charge is 2.14. The molecule has 1 atom stereocenters. The lowest BCUT2D eigenvalue weighted by atomic mass is 10.3. The maximum Gasteiger partial charge on any atom is 0.234 e. The molecule has 88 valence electrons. The first-order chi connectivity index (χ1) is 7.22. The number of rotatable bonds is 5. The van der Waals surface area contributed by atoms with Crippen LogP contribution in [0.4, 0.5) is 0 Å². The van der Waals surface area contributed by atoms with Crippen molar-refractivity contribution in [2.24, 2.45) is 0 Å². The van der Waals surface area contributed by atoms with E-state index in [4.69, 9.17) is 4.74 Å². The molecule has 5 nitrogen and oxygen atoms in total. The summed E-state index contributed by atoms with van der Waals surface area (Å²) in [6, 6.07) is 0.198. The Morgan fingerprint density at radius 3 is 2.73 bits per heavy atom. The van der Waals surface area contributed by atoms with Gasteiger partial charge in [-0.15, -0.1) is 0 Å². The first-order valence-electron chi connectivity index (χ1n) is 5.46. The lowest BCUT2D eigenvalue weighted by molar-refractivity contribution is -0.120. The Balaban J connectivity index is 2.16. The Morgan fingerprint density at radius 1 is 1.47 bits per heavy atom. The maximum atomic E-state index is 11.3. The molecule has 0 aromatic heterocycles. The normalized spacial score (nSPS) is 19.9. The number of morpholine rings is 1. The zero-order valence-corrected chi connectivity index (χ0v) is 9.58. The summed E-state index contributed by atoms with van der Waals surface area (Å²) in [6.45, 7) is 6.85. The molecule has 1 rings (SSSR count). The summed E-state index contributed by atoms with van der Waals surface area (Å²) in [4.78, 5) is 13.6. The molecule has 0 saturated carbocycles. The molecule has 0 aromatic carbocycles. The molecule has 0 aromatic rings. The molecule has 1 heterocycles. The van der Waals surface area contributed by atoms with E-state index >= 15 is 0 Å². The third-order valence-corrected chi connectivity index (χ3v) is 2.38. The Morgan fingerprint density at radius 2 is 2.13 bits per heavy atom. The first kappa shape index (κ1) is 12.4. The zero-order valence-electron chi connectivity index (χ0n) is 9.58. The van der Waals surface area contributed by atoms with Gasteiger partial charge in [-0.2, -0.15) is 0 Å². The molecule has 1 fully saturated rings. The number of ether oxygens (including phenoxy) is 1. The van der Waals surface area contributed by atoms with Crippen molar-refractivity contribution in [1.29, 1.82) is 0 Å². The minimum atomic E-state index is 0.0539. The highest BCUT2D eigenvalue weighted by molar-refractivity contribution is 5.78. The van der Waals surface area contributed by atoms with Crippen molar-refractivity contribution in [3.63, 3.8) is 0 Å². The van der Waals surface area contributed by atoms with Crippen LogP contribution in [0.1, 0.15) is 6.92 Å². The summed E-state index contributed by atoms with van der Waals surface area (Å²) in [5, 5.41) is 5.77. The zero-order chi connectivity index (χ0) is 11.1. The van der Waals surface area contributed by atoms with Crippen molar-refractivity contribution in [1.82, 2.24) is 15.5 Å². The van der Waals surface area contributed by atoms with E-state index in [-0.39, 0.29) is 11.9 Å². The van der Waals surface area contributed by atoms with Crippen LogP contribution in [0.15, 0.2) is 0 Å². The predicted octanol–water partition coefficient (Wildman–Crippen LogP) is -0.957. The van der Waals surface area contributed by atoms with Gasteiger partial charge in [0.2, 0.25) is 5.91 Å². The lowest BCUT2D eigenvalue weighted by Crippen LogP contribution is -2.47. The van der Waals surface area contributed by atoms with Crippen LogP contribution in [0.2, 0.25) is 0 Å². The molecule has 2 N–H and O–H groups in total. The van der Waals surface area contributed by atoms with Crippen molar-refractivity contribution in [3.05, 3.63) is 0 Å². The van der Waals surface area contributed by atoms with Crippen LogP contribution in [-0.2, 0) is 9.53 Å². The molecule has 1 unspecified atom stereocenters. The summed E-state index contributed by atoms with van der Waals surface area (Å²) in [7, 11) is 1.77. The van der Waals surface area contributed by atoms with Crippen LogP contribution in [0, 0.1) is 0 Å². The summed E-state index contributed by atoms with van der Waals surface area (Å²) < 4.78 is 5.26. The Hall–Kier alpha value is -0.650. The van der Waals surface area contributed by atoms with E-state index in [1.165, 1.54) is 0 Å². The van der Waals surface area contributed by atoms with Crippen LogP contribution in [0.3, 0.4) is 0 Å². The van der Waals surface area contributed by atoms with Gasteiger partial charge >= 0.3 is 0 Å². The van der Waals surface area contributed by atoms with Gasteiger partial charge in [0, 0.05) is 25.7 Å². The molecule has 0 aliphatic carbocycles. The third-order valence-electron chi connectivity index (χ3n) is 2.38. The minimum Gasteiger partial charge on any atom is -0.379 e. The topological polar surface area (TPSA) is 53.6 Å². The van der Waals surface area contributed by atoms with E-state index in [2.05, 4.69) is 15.5 Å². The molecule has 0 bridgehead atoms. The van der Waals surface area contributed by atoms with Gasteiger partial charge in [-0.1, -0.05) is 0 Å². The minimum absolute atomic E-state index is 0.0539. The highest BCUT2D eigenvalue weighted by Crippen LogP contribution is 1.98. The van der Waals surface area contributed by atoms with Crippen LogP contribution < -0.4 is 10.6 Å². The molecule has 1 aliphatic rings. The second-order valence-corrected chi connectivity index (χ2v) is 3.91. The third kappa shape index (κ3) is 5.11. The summed E-state index contributed by atoms with van der Waals surface area (Å²) in [6.07, 6.45) is 0. The Bertz CT molecular complexity index is 193. The number of carbonyl (C=O) groups excluding carboxylic acids is 1. The van der Waals surface area contributed by atoms with Crippen molar-refractivity contribution < 1.29 is 9.53 Å².